The van der Waals surface area contributed by atoms with Crippen molar-refractivity contribution in [3.05, 3.63) is 0 Å². The summed E-state index contributed by atoms with van der Waals surface area (Å²) in [6.07, 6.45) is 3.20. The van der Waals surface area contributed by atoms with Gasteiger partial charge in [-0.3, -0.25) is 0 Å². The Balaban J connectivity index is 2.51. The predicted octanol–water partition coefficient (Wildman–Crippen LogP) is 0.626. The molecule has 0 aromatic heterocycles. The molecule has 2 N–H and O–H groups in total. The van der Waals surface area contributed by atoms with Crippen LogP contribution in [-0.2, 0) is 4.79 Å². The number of aliphatic hydroxyl groups excluding tert-OH is 1. The van der Waals surface area contributed by atoms with Crippen LogP contribution in [0, 0.1) is 17.8 Å². The first-order valence-electron chi connectivity index (χ1n) is 4.12. The summed E-state index contributed by atoms with van der Waals surface area (Å²) in [6.45, 7) is 0. The summed E-state index contributed by atoms with van der Waals surface area (Å²) in [4.78, 5) is 10.1. The van der Waals surface area contributed by atoms with Gasteiger partial charge in [0.25, 0.3) is 0 Å². The second-order valence-corrected chi connectivity index (χ2v) is 3.03. The minimum absolute atomic E-state index is 0.130. The number of carboxylic acid groups (broad SMARTS) is 1. The average Bonchev–Trinajstić information content (AvgIpc) is 2.03. The summed E-state index contributed by atoms with van der Waals surface area (Å²) in [5.74, 6) is 3.38. The number of rotatable bonds is 0. The molecular weight excluding hydrogens is 156 g/mol. The molecule has 0 aliphatic heterocycles. The van der Waals surface area contributed by atoms with E-state index >= 15 is 0 Å². The van der Waals surface area contributed by atoms with E-state index in [0.717, 1.165) is 25.7 Å². The Kier molecular flexibility index (Phi) is 3.12. The van der Waals surface area contributed by atoms with Gasteiger partial charge >= 0.3 is 5.97 Å². The fourth-order valence-corrected chi connectivity index (χ4v) is 1.43. The van der Waals surface area contributed by atoms with Crippen molar-refractivity contribution in [3.8, 4) is 11.8 Å². The third-order valence-electron chi connectivity index (χ3n) is 2.09. The SMILES string of the molecule is O=C(O)C#C[C@@H]1CCCC[C@H]1O. The van der Waals surface area contributed by atoms with Gasteiger partial charge in [0, 0.05) is 11.8 Å². The maximum absolute atomic E-state index is 10.1. The van der Waals surface area contributed by atoms with Crippen molar-refractivity contribution in [2.24, 2.45) is 5.92 Å². The molecule has 3 heteroatoms. The number of carboxylic acids is 1. The Morgan fingerprint density at radius 2 is 2.00 bits per heavy atom. The highest BCUT2D eigenvalue weighted by Crippen LogP contribution is 2.23. The zero-order chi connectivity index (χ0) is 8.97. The van der Waals surface area contributed by atoms with E-state index in [1.807, 2.05) is 0 Å². The zero-order valence-corrected chi connectivity index (χ0v) is 6.79. The minimum Gasteiger partial charge on any atom is -0.472 e. The lowest BCUT2D eigenvalue weighted by molar-refractivity contribution is -0.130. The molecule has 0 spiro atoms. The molecule has 1 aliphatic carbocycles. The van der Waals surface area contributed by atoms with Crippen LogP contribution in [0.2, 0.25) is 0 Å². The minimum atomic E-state index is -1.12. The fourth-order valence-electron chi connectivity index (χ4n) is 1.43. The second-order valence-electron chi connectivity index (χ2n) is 3.03. The molecule has 0 radical (unpaired) electrons. The molecule has 0 aromatic rings. The van der Waals surface area contributed by atoms with Crippen molar-refractivity contribution in [2.75, 3.05) is 0 Å². The summed E-state index contributed by atoms with van der Waals surface area (Å²) in [5, 5.41) is 17.7. The Morgan fingerprint density at radius 3 is 2.58 bits per heavy atom. The van der Waals surface area contributed by atoms with Crippen LogP contribution in [0.5, 0.6) is 0 Å². The van der Waals surface area contributed by atoms with Gasteiger partial charge in [-0.1, -0.05) is 18.8 Å². The molecule has 0 saturated heterocycles. The van der Waals surface area contributed by atoms with Gasteiger partial charge in [0.1, 0.15) is 0 Å². The first kappa shape index (κ1) is 9.08. The third kappa shape index (κ3) is 2.55. The largest absolute Gasteiger partial charge is 0.472 e. The van der Waals surface area contributed by atoms with Crippen LogP contribution < -0.4 is 0 Å². The topological polar surface area (TPSA) is 57.5 Å². The van der Waals surface area contributed by atoms with Crippen molar-refractivity contribution in [1.29, 1.82) is 0 Å². The third-order valence-corrected chi connectivity index (χ3v) is 2.09. The maximum Gasteiger partial charge on any atom is 0.381 e. The quantitative estimate of drug-likeness (QED) is 0.521. The monoisotopic (exact) mass is 168 g/mol. The predicted molar refractivity (Wildman–Crippen MR) is 43.4 cm³/mol. The second kappa shape index (κ2) is 4.13. The number of aliphatic hydroxyl groups is 1. The van der Waals surface area contributed by atoms with E-state index in [0.29, 0.717) is 0 Å². The lowest BCUT2D eigenvalue weighted by Gasteiger charge is -2.22. The summed E-state index contributed by atoms with van der Waals surface area (Å²) >= 11 is 0. The van der Waals surface area contributed by atoms with Crippen molar-refractivity contribution >= 4 is 5.97 Å². The zero-order valence-electron chi connectivity index (χ0n) is 6.79. The first-order chi connectivity index (χ1) is 5.70. The lowest BCUT2D eigenvalue weighted by Crippen LogP contribution is -2.23. The molecule has 0 unspecified atom stereocenters. The Bertz CT molecular complexity index is 224. The average molecular weight is 168 g/mol. The molecule has 0 bridgehead atoms. The van der Waals surface area contributed by atoms with Crippen molar-refractivity contribution in [2.45, 2.75) is 31.8 Å². The number of carbonyl (C=O) groups is 1. The van der Waals surface area contributed by atoms with Gasteiger partial charge in [-0.25, -0.2) is 4.79 Å². The normalized spacial score (nSPS) is 28.8. The fraction of sp³-hybridized carbons (Fsp3) is 0.667. The van der Waals surface area contributed by atoms with Crippen LogP contribution in [0.4, 0.5) is 0 Å². The van der Waals surface area contributed by atoms with E-state index in [1.165, 1.54) is 0 Å². The molecule has 3 nitrogen and oxygen atoms in total. The van der Waals surface area contributed by atoms with Crippen LogP contribution in [0.3, 0.4) is 0 Å². The summed E-state index contributed by atoms with van der Waals surface area (Å²) in [6, 6.07) is 0. The van der Waals surface area contributed by atoms with Crippen LogP contribution in [0.15, 0.2) is 0 Å². The van der Waals surface area contributed by atoms with Crippen LogP contribution in [0.1, 0.15) is 25.7 Å². The van der Waals surface area contributed by atoms with Gasteiger partial charge in [0.05, 0.1) is 6.10 Å². The van der Waals surface area contributed by atoms with E-state index in [1.54, 1.807) is 0 Å². The molecule has 0 aromatic carbocycles. The highest BCUT2D eigenvalue weighted by atomic mass is 16.4. The van der Waals surface area contributed by atoms with Gasteiger partial charge in [-0.2, -0.15) is 0 Å². The van der Waals surface area contributed by atoms with E-state index in [2.05, 4.69) is 11.8 Å². The molecular formula is C9H12O3. The van der Waals surface area contributed by atoms with E-state index in [4.69, 9.17) is 5.11 Å². The molecule has 1 aliphatic rings. The first-order valence-corrected chi connectivity index (χ1v) is 4.12. The van der Waals surface area contributed by atoms with Gasteiger partial charge in [0.2, 0.25) is 0 Å². The standard InChI is InChI=1S/C9H12O3/c10-8-4-2-1-3-7(8)5-6-9(11)12/h7-8,10H,1-4H2,(H,11,12)/t7-,8+/m0/s1. The number of hydrogen-bond donors (Lipinski definition) is 2. The van der Waals surface area contributed by atoms with E-state index in [-0.39, 0.29) is 5.92 Å². The van der Waals surface area contributed by atoms with Crippen LogP contribution >= 0.6 is 0 Å². The summed E-state index contributed by atoms with van der Waals surface area (Å²) in [7, 11) is 0. The van der Waals surface area contributed by atoms with Gasteiger partial charge in [-0.05, 0) is 12.8 Å². The highest BCUT2D eigenvalue weighted by Gasteiger charge is 2.20. The van der Waals surface area contributed by atoms with Crippen molar-refractivity contribution in [3.63, 3.8) is 0 Å². The number of hydrogen-bond acceptors (Lipinski definition) is 2. The molecule has 2 atom stereocenters. The lowest BCUT2D eigenvalue weighted by atomic mass is 9.87. The summed E-state index contributed by atoms with van der Waals surface area (Å²) < 4.78 is 0. The van der Waals surface area contributed by atoms with E-state index < -0.39 is 12.1 Å². The Hall–Kier alpha value is -1.01. The molecule has 1 rings (SSSR count). The molecule has 0 heterocycles. The van der Waals surface area contributed by atoms with Gasteiger partial charge < -0.3 is 10.2 Å². The van der Waals surface area contributed by atoms with Gasteiger partial charge in [-0.15, -0.1) is 0 Å². The van der Waals surface area contributed by atoms with E-state index in [9.17, 15) is 9.90 Å². The molecule has 1 saturated carbocycles. The summed E-state index contributed by atoms with van der Waals surface area (Å²) in [5.41, 5.74) is 0. The van der Waals surface area contributed by atoms with Crippen LogP contribution in [0.25, 0.3) is 0 Å². The molecule has 1 fully saturated rings. The smallest absolute Gasteiger partial charge is 0.381 e. The molecule has 66 valence electrons. The Labute approximate surface area is 71.4 Å². The van der Waals surface area contributed by atoms with Crippen molar-refractivity contribution < 1.29 is 15.0 Å². The molecule has 12 heavy (non-hydrogen) atoms. The number of aliphatic carboxylic acids is 1. The van der Waals surface area contributed by atoms with Gasteiger partial charge in [0.15, 0.2) is 0 Å². The maximum atomic E-state index is 10.1. The highest BCUT2D eigenvalue weighted by molar-refractivity contribution is 5.86. The molecule has 0 amide bonds. The van der Waals surface area contributed by atoms with Crippen molar-refractivity contribution in [1.82, 2.24) is 0 Å². The Morgan fingerprint density at radius 1 is 1.33 bits per heavy atom. The van der Waals surface area contributed by atoms with Crippen LogP contribution in [-0.4, -0.2) is 22.3 Å².